The highest BCUT2D eigenvalue weighted by Gasteiger charge is 2.18. The van der Waals surface area contributed by atoms with Crippen LogP contribution in [0.2, 0.25) is 5.02 Å². The van der Waals surface area contributed by atoms with E-state index in [1.54, 1.807) is 37.4 Å². The zero-order chi connectivity index (χ0) is 15.6. The predicted molar refractivity (Wildman–Crippen MR) is 94.8 cm³/mol. The van der Waals surface area contributed by atoms with Crippen LogP contribution in [0.25, 0.3) is 0 Å². The normalized spacial score (nSPS) is 10.3. The maximum Gasteiger partial charge on any atom is 0.196 e. The van der Waals surface area contributed by atoms with E-state index in [9.17, 15) is 4.79 Å². The van der Waals surface area contributed by atoms with Gasteiger partial charge in [0.1, 0.15) is 11.5 Å². The Morgan fingerprint density at radius 1 is 1.14 bits per heavy atom. The predicted octanol–water partition coefficient (Wildman–Crippen LogP) is 4.96. The number of halogens is 3. The minimum atomic E-state index is -0.170. The summed E-state index contributed by atoms with van der Waals surface area (Å²) in [6.07, 6.45) is 0. The lowest BCUT2D eigenvalue weighted by atomic mass is 10.0. The summed E-state index contributed by atoms with van der Waals surface area (Å²) in [7, 11) is 3.06. The number of hydrogen-bond donors (Lipinski definition) is 0. The Labute approximate surface area is 149 Å². The van der Waals surface area contributed by atoms with Crippen molar-refractivity contribution in [3.63, 3.8) is 0 Å². The average molecular weight is 482 g/mol. The molecule has 0 fully saturated rings. The number of ketones is 1. The van der Waals surface area contributed by atoms with Crippen LogP contribution in [0.1, 0.15) is 15.9 Å². The summed E-state index contributed by atoms with van der Waals surface area (Å²) in [6.45, 7) is 0. The summed E-state index contributed by atoms with van der Waals surface area (Å²) in [5.41, 5.74) is 0.929. The summed E-state index contributed by atoms with van der Waals surface area (Å²) in [6, 6.07) is 8.56. The molecule has 6 heteroatoms. The van der Waals surface area contributed by atoms with Gasteiger partial charge in [-0.05, 0) is 68.9 Å². The Balaban J connectivity index is 2.53. The summed E-state index contributed by atoms with van der Waals surface area (Å²) in [4.78, 5) is 12.7. The lowest BCUT2D eigenvalue weighted by Crippen LogP contribution is -2.05. The van der Waals surface area contributed by atoms with Crippen LogP contribution in [0.4, 0.5) is 0 Å². The summed E-state index contributed by atoms with van der Waals surface area (Å²) in [5.74, 6) is 0.869. The molecule has 0 saturated carbocycles. The van der Waals surface area contributed by atoms with Crippen molar-refractivity contribution in [2.24, 2.45) is 0 Å². The van der Waals surface area contributed by atoms with Crippen LogP contribution < -0.4 is 9.47 Å². The molecular formula is C15H11BrClIO3. The molecule has 2 aromatic carbocycles. The van der Waals surface area contributed by atoms with Gasteiger partial charge in [0.05, 0.1) is 29.3 Å². The second-order valence-corrected chi connectivity index (χ2v) is 6.57. The fourth-order valence-electron chi connectivity index (χ4n) is 1.83. The highest BCUT2D eigenvalue weighted by atomic mass is 127. The van der Waals surface area contributed by atoms with E-state index in [0.717, 1.165) is 8.04 Å². The van der Waals surface area contributed by atoms with E-state index in [0.29, 0.717) is 27.6 Å². The Kier molecular flexibility index (Phi) is 5.51. The molecule has 0 saturated heterocycles. The van der Waals surface area contributed by atoms with Gasteiger partial charge in [-0.25, -0.2) is 0 Å². The lowest BCUT2D eigenvalue weighted by Gasteiger charge is -2.12. The van der Waals surface area contributed by atoms with Crippen molar-refractivity contribution in [2.45, 2.75) is 0 Å². The molecule has 0 unspecified atom stereocenters. The fraction of sp³-hybridized carbons (Fsp3) is 0.133. The highest BCUT2D eigenvalue weighted by Crippen LogP contribution is 2.34. The van der Waals surface area contributed by atoms with Gasteiger partial charge in [-0.3, -0.25) is 4.79 Å². The molecule has 0 heterocycles. The van der Waals surface area contributed by atoms with E-state index < -0.39 is 0 Å². The lowest BCUT2D eigenvalue weighted by molar-refractivity contribution is 0.103. The highest BCUT2D eigenvalue weighted by molar-refractivity contribution is 14.1. The van der Waals surface area contributed by atoms with E-state index in [4.69, 9.17) is 21.1 Å². The minimum Gasteiger partial charge on any atom is -0.496 e. The molecule has 0 aromatic heterocycles. The molecule has 110 valence electrons. The number of rotatable bonds is 4. The fourth-order valence-corrected chi connectivity index (χ4v) is 2.83. The second-order valence-electron chi connectivity index (χ2n) is 4.15. The molecule has 0 aliphatic rings. The molecule has 2 rings (SSSR count). The largest absolute Gasteiger partial charge is 0.496 e. The summed E-state index contributed by atoms with van der Waals surface area (Å²) in [5, 5.41) is 0.546. The number of carbonyl (C=O) groups excluding carboxylic acids is 1. The monoisotopic (exact) mass is 480 g/mol. The van der Waals surface area contributed by atoms with Crippen LogP contribution in [-0.4, -0.2) is 20.0 Å². The van der Waals surface area contributed by atoms with Crippen molar-refractivity contribution < 1.29 is 14.3 Å². The summed E-state index contributed by atoms with van der Waals surface area (Å²) >= 11 is 11.6. The van der Waals surface area contributed by atoms with Crippen molar-refractivity contribution in [3.8, 4) is 11.5 Å². The molecule has 0 amide bonds. The van der Waals surface area contributed by atoms with Crippen LogP contribution in [0.3, 0.4) is 0 Å². The average Bonchev–Trinajstić information content (AvgIpc) is 2.49. The van der Waals surface area contributed by atoms with Gasteiger partial charge < -0.3 is 9.47 Å². The summed E-state index contributed by atoms with van der Waals surface area (Å²) < 4.78 is 12.1. The van der Waals surface area contributed by atoms with Crippen LogP contribution >= 0.6 is 50.1 Å². The molecule has 0 bridgehead atoms. The van der Waals surface area contributed by atoms with Gasteiger partial charge in [0.25, 0.3) is 0 Å². The number of ether oxygens (including phenoxy) is 2. The zero-order valence-corrected chi connectivity index (χ0v) is 15.7. The Morgan fingerprint density at radius 3 is 2.38 bits per heavy atom. The molecule has 0 spiro atoms. The molecule has 21 heavy (non-hydrogen) atoms. The maximum absolute atomic E-state index is 12.7. The van der Waals surface area contributed by atoms with Gasteiger partial charge >= 0.3 is 0 Å². The second kappa shape index (κ2) is 6.98. The van der Waals surface area contributed by atoms with Gasteiger partial charge in [-0.15, -0.1) is 0 Å². The first-order valence-electron chi connectivity index (χ1n) is 5.89. The quantitative estimate of drug-likeness (QED) is 0.458. The molecular weight excluding hydrogens is 470 g/mol. The van der Waals surface area contributed by atoms with Crippen molar-refractivity contribution in [1.82, 2.24) is 0 Å². The molecule has 0 N–H and O–H groups in total. The van der Waals surface area contributed by atoms with Crippen molar-refractivity contribution in [3.05, 3.63) is 54.5 Å². The molecule has 0 aliphatic carbocycles. The zero-order valence-electron chi connectivity index (χ0n) is 11.2. The molecule has 0 aliphatic heterocycles. The SMILES string of the molecule is COc1cc(C(=O)c2ccc(I)c(Cl)c2)c(OC)cc1Br. The van der Waals surface area contributed by atoms with Crippen LogP contribution in [0.15, 0.2) is 34.8 Å². The number of methoxy groups -OCH3 is 2. The first kappa shape index (κ1) is 16.6. The van der Waals surface area contributed by atoms with Crippen LogP contribution in [-0.2, 0) is 0 Å². The van der Waals surface area contributed by atoms with Crippen molar-refractivity contribution in [1.29, 1.82) is 0 Å². The van der Waals surface area contributed by atoms with Gasteiger partial charge in [0.2, 0.25) is 0 Å². The first-order chi connectivity index (χ1) is 9.97. The number of hydrogen-bond acceptors (Lipinski definition) is 3. The van der Waals surface area contributed by atoms with Gasteiger partial charge in [0.15, 0.2) is 5.78 Å². The van der Waals surface area contributed by atoms with Crippen molar-refractivity contribution >= 4 is 55.9 Å². The molecule has 0 radical (unpaired) electrons. The van der Waals surface area contributed by atoms with E-state index in [2.05, 4.69) is 38.5 Å². The van der Waals surface area contributed by atoms with Crippen LogP contribution in [0.5, 0.6) is 11.5 Å². The molecule has 3 nitrogen and oxygen atoms in total. The van der Waals surface area contributed by atoms with E-state index >= 15 is 0 Å². The van der Waals surface area contributed by atoms with E-state index in [1.807, 2.05) is 0 Å². The Bertz CT molecular complexity index is 704. The van der Waals surface area contributed by atoms with E-state index in [-0.39, 0.29) is 5.78 Å². The number of benzene rings is 2. The first-order valence-corrected chi connectivity index (χ1v) is 8.14. The van der Waals surface area contributed by atoms with Gasteiger partial charge in [-0.1, -0.05) is 11.6 Å². The van der Waals surface area contributed by atoms with Gasteiger partial charge in [0, 0.05) is 9.13 Å². The Morgan fingerprint density at radius 2 is 1.81 bits per heavy atom. The van der Waals surface area contributed by atoms with Crippen molar-refractivity contribution in [2.75, 3.05) is 14.2 Å². The maximum atomic E-state index is 12.7. The third-order valence-corrected chi connectivity index (χ3v) is 5.09. The van der Waals surface area contributed by atoms with Crippen LogP contribution in [0, 0.1) is 3.57 Å². The third-order valence-electron chi connectivity index (χ3n) is 2.90. The van der Waals surface area contributed by atoms with E-state index in [1.165, 1.54) is 7.11 Å². The standard InChI is InChI=1S/C15H11BrClIO3/c1-20-13-7-10(16)14(21-2)6-9(13)15(19)8-3-4-12(18)11(17)5-8/h3-7H,1-2H3. The Hall–Kier alpha value is -0.790. The smallest absolute Gasteiger partial charge is 0.196 e. The molecule has 0 atom stereocenters. The van der Waals surface area contributed by atoms with Gasteiger partial charge in [-0.2, -0.15) is 0 Å². The minimum absolute atomic E-state index is 0.170. The number of carbonyl (C=O) groups is 1. The topological polar surface area (TPSA) is 35.5 Å². The molecule has 2 aromatic rings. The third kappa shape index (κ3) is 3.52.